The van der Waals surface area contributed by atoms with Gasteiger partial charge in [-0.3, -0.25) is 0 Å². The van der Waals surface area contributed by atoms with Crippen molar-refractivity contribution in [2.24, 2.45) is 0 Å². The van der Waals surface area contributed by atoms with Crippen molar-refractivity contribution in [3.63, 3.8) is 0 Å². The number of hydrogen-bond acceptors (Lipinski definition) is 7. The van der Waals surface area contributed by atoms with Gasteiger partial charge in [0.2, 0.25) is 5.95 Å². The van der Waals surface area contributed by atoms with E-state index in [0.29, 0.717) is 12.6 Å². The third kappa shape index (κ3) is 4.16. The zero-order valence-electron chi connectivity index (χ0n) is 16.4. The third-order valence-electron chi connectivity index (χ3n) is 5.29. The molecule has 1 atom stereocenters. The first-order valence-electron chi connectivity index (χ1n) is 9.69. The van der Waals surface area contributed by atoms with Gasteiger partial charge in [-0.1, -0.05) is 17.7 Å². The first-order valence-corrected chi connectivity index (χ1v) is 10.1. The fourth-order valence-electron chi connectivity index (χ4n) is 3.94. The van der Waals surface area contributed by atoms with E-state index in [0.717, 1.165) is 60.4 Å². The Hall–Kier alpha value is -2.09. The predicted octanol–water partition coefficient (Wildman–Crippen LogP) is 2.71. The quantitative estimate of drug-likeness (QED) is 0.813. The number of likely N-dealkylation sites (N-methyl/N-ethyl adjacent to an activating group) is 1. The van der Waals surface area contributed by atoms with Crippen molar-refractivity contribution in [3.8, 4) is 0 Å². The zero-order valence-corrected chi connectivity index (χ0v) is 17.1. The molecule has 0 saturated carbocycles. The Morgan fingerprint density at radius 2 is 2.07 bits per heavy atom. The maximum absolute atomic E-state index is 6.71. The molecular weight excluding hydrogens is 376 g/mol. The molecule has 4 rings (SSSR count). The maximum atomic E-state index is 6.71. The number of ether oxygens (including phenoxy) is 1. The Balaban J connectivity index is 1.60. The summed E-state index contributed by atoms with van der Waals surface area (Å²) in [6.45, 7) is 6.14. The molecule has 0 amide bonds. The van der Waals surface area contributed by atoms with E-state index in [1.165, 1.54) is 0 Å². The molecule has 8 heteroatoms. The Bertz CT molecular complexity index is 821. The molecular formula is C20H27ClN6O. The lowest BCUT2D eigenvalue weighted by Gasteiger charge is -2.37. The summed E-state index contributed by atoms with van der Waals surface area (Å²) in [6, 6.07) is 8.63. The van der Waals surface area contributed by atoms with Gasteiger partial charge in [-0.2, -0.15) is 4.98 Å². The monoisotopic (exact) mass is 402 g/mol. The number of likely N-dealkylation sites (tertiary alicyclic amines) is 1. The van der Waals surface area contributed by atoms with Crippen LogP contribution in [0.25, 0.3) is 0 Å². The van der Waals surface area contributed by atoms with Gasteiger partial charge in [-0.25, -0.2) is 4.98 Å². The minimum Gasteiger partial charge on any atom is -0.380 e. The molecule has 2 aliphatic rings. The lowest BCUT2D eigenvalue weighted by molar-refractivity contribution is 0.134. The van der Waals surface area contributed by atoms with Gasteiger partial charge >= 0.3 is 0 Å². The number of hydrogen-bond donors (Lipinski definition) is 2. The largest absolute Gasteiger partial charge is 0.380 e. The van der Waals surface area contributed by atoms with E-state index in [9.17, 15) is 0 Å². The summed E-state index contributed by atoms with van der Waals surface area (Å²) in [5.41, 5.74) is 8.83. The summed E-state index contributed by atoms with van der Waals surface area (Å²) >= 11 is 6.71. The summed E-state index contributed by atoms with van der Waals surface area (Å²) < 4.78 is 5.87. The molecule has 2 fully saturated rings. The van der Waals surface area contributed by atoms with Crippen molar-refractivity contribution in [2.45, 2.75) is 25.4 Å². The van der Waals surface area contributed by atoms with Gasteiger partial charge in [0.15, 0.2) is 0 Å². The van der Waals surface area contributed by atoms with Gasteiger partial charge < -0.3 is 25.6 Å². The van der Waals surface area contributed by atoms with Crippen LogP contribution in [0.1, 0.15) is 23.7 Å². The SMILES string of the molecule is Cc1cc(N2CCCOC[C@@H]2c2ccc(NC3CN(C)C3)cc2Cl)nc(N)n1. The van der Waals surface area contributed by atoms with E-state index in [2.05, 4.69) is 44.3 Å². The number of anilines is 3. The second-order valence-corrected chi connectivity index (χ2v) is 8.07. The van der Waals surface area contributed by atoms with E-state index in [1.54, 1.807) is 0 Å². The normalized spacial score (nSPS) is 21.2. The molecule has 2 saturated heterocycles. The first-order chi connectivity index (χ1) is 13.5. The standard InChI is InChI=1S/C20H27ClN6O/c1-13-8-19(25-20(22)23-13)27-6-3-7-28-12-18(27)16-5-4-14(9-17(16)21)24-15-10-26(2)11-15/h4-5,8-9,15,18,24H,3,6-7,10-12H2,1-2H3,(H2,22,23,25)/t18-/m1/s1. The topological polar surface area (TPSA) is 79.5 Å². The molecule has 3 heterocycles. The molecule has 0 bridgehead atoms. The minimum atomic E-state index is -0.0208. The molecule has 2 aromatic rings. The molecule has 2 aliphatic heterocycles. The number of halogens is 1. The van der Waals surface area contributed by atoms with Gasteiger partial charge in [0.25, 0.3) is 0 Å². The van der Waals surface area contributed by atoms with Gasteiger partial charge in [0, 0.05) is 48.7 Å². The number of nitrogens with zero attached hydrogens (tertiary/aromatic N) is 4. The smallest absolute Gasteiger partial charge is 0.222 e. The summed E-state index contributed by atoms with van der Waals surface area (Å²) in [7, 11) is 2.12. The highest BCUT2D eigenvalue weighted by atomic mass is 35.5. The van der Waals surface area contributed by atoms with E-state index >= 15 is 0 Å². The van der Waals surface area contributed by atoms with Crippen LogP contribution in [-0.2, 0) is 4.74 Å². The predicted molar refractivity (Wildman–Crippen MR) is 113 cm³/mol. The molecule has 28 heavy (non-hydrogen) atoms. The van der Waals surface area contributed by atoms with Crippen LogP contribution in [0.3, 0.4) is 0 Å². The Kier molecular flexibility index (Phi) is 5.57. The van der Waals surface area contributed by atoms with E-state index < -0.39 is 0 Å². The Morgan fingerprint density at radius 3 is 2.79 bits per heavy atom. The molecule has 0 radical (unpaired) electrons. The third-order valence-corrected chi connectivity index (χ3v) is 5.61. The average Bonchev–Trinajstić information content (AvgIpc) is 2.86. The van der Waals surface area contributed by atoms with Gasteiger partial charge in [0.05, 0.1) is 18.7 Å². The molecule has 3 N–H and O–H groups in total. The second-order valence-electron chi connectivity index (χ2n) is 7.66. The summed E-state index contributed by atoms with van der Waals surface area (Å²) in [5, 5.41) is 4.28. The van der Waals surface area contributed by atoms with Gasteiger partial charge in [0.1, 0.15) is 5.82 Å². The zero-order chi connectivity index (χ0) is 19.7. The van der Waals surface area contributed by atoms with E-state index in [1.807, 2.05) is 19.1 Å². The molecule has 1 aromatic heterocycles. The minimum absolute atomic E-state index is 0.0208. The molecule has 7 nitrogen and oxygen atoms in total. The summed E-state index contributed by atoms with van der Waals surface area (Å²) in [6.07, 6.45) is 0.923. The van der Waals surface area contributed by atoms with Crippen LogP contribution >= 0.6 is 11.6 Å². The van der Waals surface area contributed by atoms with Crippen LogP contribution in [0.5, 0.6) is 0 Å². The van der Waals surface area contributed by atoms with E-state index in [-0.39, 0.29) is 12.0 Å². The highest BCUT2D eigenvalue weighted by molar-refractivity contribution is 6.31. The number of aryl methyl sites for hydroxylation is 1. The highest BCUT2D eigenvalue weighted by Gasteiger charge is 2.28. The van der Waals surface area contributed by atoms with Crippen molar-refractivity contribution in [1.82, 2.24) is 14.9 Å². The van der Waals surface area contributed by atoms with Gasteiger partial charge in [-0.05, 0) is 38.1 Å². The Morgan fingerprint density at radius 1 is 1.25 bits per heavy atom. The van der Waals surface area contributed by atoms with Crippen molar-refractivity contribution >= 4 is 29.1 Å². The fourth-order valence-corrected chi connectivity index (χ4v) is 4.25. The Labute approximate surface area is 170 Å². The molecule has 0 aliphatic carbocycles. The van der Waals surface area contributed by atoms with Crippen LogP contribution < -0.4 is 16.0 Å². The molecule has 150 valence electrons. The van der Waals surface area contributed by atoms with Crippen LogP contribution in [0, 0.1) is 6.92 Å². The number of nitrogen functional groups attached to an aromatic ring is 1. The molecule has 0 unspecified atom stereocenters. The summed E-state index contributed by atoms with van der Waals surface area (Å²) in [5.74, 6) is 1.10. The summed E-state index contributed by atoms with van der Waals surface area (Å²) in [4.78, 5) is 13.2. The first kappa shape index (κ1) is 19.2. The van der Waals surface area contributed by atoms with Crippen LogP contribution in [0.2, 0.25) is 5.02 Å². The number of rotatable bonds is 4. The van der Waals surface area contributed by atoms with Crippen molar-refractivity contribution in [2.75, 3.05) is 55.8 Å². The van der Waals surface area contributed by atoms with Crippen molar-refractivity contribution in [3.05, 3.63) is 40.5 Å². The van der Waals surface area contributed by atoms with Gasteiger partial charge in [-0.15, -0.1) is 0 Å². The lowest BCUT2D eigenvalue weighted by Crippen LogP contribution is -2.52. The van der Waals surface area contributed by atoms with Crippen molar-refractivity contribution in [1.29, 1.82) is 0 Å². The molecule has 0 spiro atoms. The van der Waals surface area contributed by atoms with Crippen molar-refractivity contribution < 1.29 is 4.74 Å². The number of nitrogens with one attached hydrogen (secondary N) is 1. The fraction of sp³-hybridized carbons (Fsp3) is 0.500. The van der Waals surface area contributed by atoms with E-state index in [4.69, 9.17) is 22.1 Å². The number of aromatic nitrogens is 2. The molecule has 1 aromatic carbocycles. The number of benzene rings is 1. The maximum Gasteiger partial charge on any atom is 0.222 e. The van der Waals surface area contributed by atoms with Crippen LogP contribution in [-0.4, -0.2) is 60.8 Å². The average molecular weight is 403 g/mol. The second kappa shape index (κ2) is 8.11. The number of nitrogens with two attached hydrogens (primary N) is 1. The van der Waals surface area contributed by atoms with Crippen LogP contribution in [0.4, 0.5) is 17.5 Å². The lowest BCUT2D eigenvalue weighted by atomic mass is 10.0. The highest BCUT2D eigenvalue weighted by Crippen LogP contribution is 2.34. The van der Waals surface area contributed by atoms with Crippen LogP contribution in [0.15, 0.2) is 24.3 Å².